The first-order chi connectivity index (χ1) is 25.3. The number of benzene rings is 2. The first kappa shape index (κ1) is 37.2. The zero-order valence-corrected chi connectivity index (χ0v) is 29.6. The maximum atomic E-state index is 14.5. The average molecular weight is 716 g/mol. The van der Waals surface area contributed by atoms with Crippen molar-refractivity contribution >= 4 is 17.0 Å². The van der Waals surface area contributed by atoms with E-state index in [1.165, 1.54) is 29.2 Å². The van der Waals surface area contributed by atoms with Gasteiger partial charge in [0.15, 0.2) is 0 Å². The number of carbonyl (C=O) groups is 1. The van der Waals surface area contributed by atoms with Gasteiger partial charge in [0.2, 0.25) is 5.56 Å². The Morgan fingerprint density at radius 1 is 1.00 bits per heavy atom. The Kier molecular flexibility index (Phi) is 12.8. The van der Waals surface area contributed by atoms with Gasteiger partial charge >= 0.3 is 6.09 Å². The zero-order valence-electron chi connectivity index (χ0n) is 29.6. The zero-order chi connectivity index (χ0) is 36.5. The van der Waals surface area contributed by atoms with Crippen molar-refractivity contribution in [2.75, 3.05) is 39.3 Å². The maximum Gasteiger partial charge on any atom is 0.408 e. The van der Waals surface area contributed by atoms with E-state index in [4.69, 9.17) is 4.74 Å². The molecule has 278 valence electrons. The molecule has 0 radical (unpaired) electrons. The largest absolute Gasteiger partial charge is 0.506 e. The standard InChI is InChI=1S/C40H50FN5O6/c41-30-10-8-9-28(21-30)39(46(40(50)51)34-26-45-18-15-27(34)16-19-45)29-22-31(24-43-23-29)52-20-7-5-3-1-2-4-6-17-42-25-36(48)32-11-13-35(47)38-33(32)12-14-37(49)44-38/h8-14,21-24,27,34,36,39,42,47-48H,1-7,15-20,25-26H2,(H,44,49)(H,50,51)/t34-,36+,39?/m0/s1. The average Bonchev–Trinajstić information content (AvgIpc) is 3.15. The van der Waals surface area contributed by atoms with Crippen LogP contribution in [0, 0.1) is 11.7 Å². The van der Waals surface area contributed by atoms with E-state index >= 15 is 0 Å². The van der Waals surface area contributed by atoms with Crippen LogP contribution >= 0.6 is 0 Å². The van der Waals surface area contributed by atoms with Gasteiger partial charge in [-0.05, 0) is 92.7 Å². The molecule has 5 heterocycles. The predicted octanol–water partition coefficient (Wildman–Crippen LogP) is 6.36. The summed E-state index contributed by atoms with van der Waals surface area (Å²) in [5.74, 6) is 0.416. The summed E-state index contributed by atoms with van der Waals surface area (Å²) in [5.41, 5.74) is 1.92. The van der Waals surface area contributed by atoms with Crippen molar-refractivity contribution in [2.45, 2.75) is 76.0 Å². The Labute approximate surface area is 303 Å². The minimum atomic E-state index is -1.02. The lowest BCUT2D eigenvalue weighted by atomic mass is 9.81. The van der Waals surface area contributed by atoms with Gasteiger partial charge in [-0.25, -0.2) is 9.18 Å². The van der Waals surface area contributed by atoms with Gasteiger partial charge in [-0.3, -0.25) is 14.7 Å². The molecule has 1 amide bonds. The van der Waals surface area contributed by atoms with Crippen LogP contribution in [0.25, 0.3) is 10.9 Å². The molecule has 3 aliphatic heterocycles. The van der Waals surface area contributed by atoms with Crippen LogP contribution in [0.2, 0.25) is 0 Å². The number of hydrogen-bond donors (Lipinski definition) is 5. The molecule has 12 heteroatoms. The van der Waals surface area contributed by atoms with Crippen LogP contribution in [0.5, 0.6) is 11.5 Å². The highest BCUT2D eigenvalue weighted by Gasteiger charge is 2.43. The van der Waals surface area contributed by atoms with Gasteiger partial charge in [0.05, 0.1) is 36.5 Å². The Morgan fingerprint density at radius 3 is 2.50 bits per heavy atom. The van der Waals surface area contributed by atoms with Crippen molar-refractivity contribution in [3.05, 3.63) is 99.9 Å². The monoisotopic (exact) mass is 715 g/mol. The van der Waals surface area contributed by atoms with Crippen LogP contribution in [0.3, 0.4) is 0 Å². The number of aliphatic hydroxyl groups excluding tert-OH is 1. The summed E-state index contributed by atoms with van der Waals surface area (Å²) in [6.07, 6.45) is 10.8. The number of rotatable bonds is 18. The number of carboxylic acid groups (broad SMARTS) is 1. The molecule has 5 N–H and O–H groups in total. The highest BCUT2D eigenvalue weighted by molar-refractivity contribution is 5.87. The predicted molar refractivity (Wildman–Crippen MR) is 197 cm³/mol. The number of nitrogens with zero attached hydrogens (tertiary/aromatic N) is 3. The smallest absolute Gasteiger partial charge is 0.408 e. The Balaban J connectivity index is 0.915. The molecule has 0 aliphatic carbocycles. The molecule has 3 aliphatic rings. The molecule has 3 fully saturated rings. The van der Waals surface area contributed by atoms with Gasteiger partial charge in [0, 0.05) is 36.3 Å². The molecule has 2 aromatic carbocycles. The SMILES string of the molecule is O=C(O)N(C(c1cccc(F)c1)c1cncc(OCCCCCCCCCNC[C@@H](O)c2ccc(O)c3[nH]c(=O)ccc23)c1)[C@H]1CN2CCC1CC2. The Bertz CT molecular complexity index is 1850. The second kappa shape index (κ2) is 17.8. The number of hydrogen-bond acceptors (Lipinski definition) is 8. The number of unbranched alkanes of at least 4 members (excludes halogenated alkanes) is 6. The molecule has 2 aromatic heterocycles. The van der Waals surface area contributed by atoms with Gasteiger partial charge < -0.3 is 35.3 Å². The molecular formula is C40H50FN5O6. The summed E-state index contributed by atoms with van der Waals surface area (Å²) >= 11 is 0. The molecule has 52 heavy (non-hydrogen) atoms. The van der Waals surface area contributed by atoms with Crippen molar-refractivity contribution in [3.8, 4) is 11.5 Å². The number of H-pyrrole nitrogens is 1. The lowest BCUT2D eigenvalue weighted by molar-refractivity contribution is -0.000892. The van der Waals surface area contributed by atoms with Gasteiger partial charge in [0.25, 0.3) is 0 Å². The van der Waals surface area contributed by atoms with Crippen molar-refractivity contribution < 1.29 is 29.2 Å². The van der Waals surface area contributed by atoms with Crippen LogP contribution in [-0.2, 0) is 0 Å². The van der Waals surface area contributed by atoms with Crippen molar-refractivity contribution in [1.29, 1.82) is 0 Å². The summed E-state index contributed by atoms with van der Waals surface area (Å²) in [5, 5.41) is 35.3. The lowest BCUT2D eigenvalue weighted by Gasteiger charge is -2.50. The van der Waals surface area contributed by atoms with E-state index < -0.39 is 24.1 Å². The number of amides is 1. The Hall–Kier alpha value is -4.52. The van der Waals surface area contributed by atoms with E-state index in [0.29, 0.717) is 53.0 Å². The first-order valence-electron chi connectivity index (χ1n) is 18.6. The molecule has 3 saturated heterocycles. The molecular weight excluding hydrogens is 665 g/mol. The molecule has 7 rings (SSSR count). The number of aromatic hydroxyl groups is 1. The number of piperidine rings is 3. The molecule has 11 nitrogen and oxygen atoms in total. The topological polar surface area (TPSA) is 151 Å². The minimum Gasteiger partial charge on any atom is -0.506 e. The van der Waals surface area contributed by atoms with E-state index in [1.54, 1.807) is 36.7 Å². The number of phenolic OH excluding ortho intramolecular Hbond substituents is 1. The third kappa shape index (κ3) is 9.28. The highest BCUT2D eigenvalue weighted by atomic mass is 19.1. The van der Waals surface area contributed by atoms with Crippen molar-refractivity contribution in [3.63, 3.8) is 0 Å². The molecule has 2 bridgehead atoms. The van der Waals surface area contributed by atoms with Gasteiger partial charge in [-0.1, -0.05) is 50.3 Å². The third-order valence-electron chi connectivity index (χ3n) is 10.6. The number of nitrogens with one attached hydrogen (secondary N) is 2. The van der Waals surface area contributed by atoms with Gasteiger partial charge in [-0.15, -0.1) is 0 Å². The fourth-order valence-corrected chi connectivity index (χ4v) is 7.87. The first-order valence-corrected chi connectivity index (χ1v) is 18.6. The fourth-order valence-electron chi connectivity index (χ4n) is 7.87. The number of fused-ring (bicyclic) bond motifs is 4. The van der Waals surface area contributed by atoms with Crippen LogP contribution in [0.4, 0.5) is 9.18 Å². The summed E-state index contributed by atoms with van der Waals surface area (Å²) in [6, 6.07) is 13.3. The van der Waals surface area contributed by atoms with Gasteiger partial charge in [0.1, 0.15) is 17.3 Å². The van der Waals surface area contributed by atoms with E-state index in [-0.39, 0.29) is 23.3 Å². The number of phenols is 1. The molecule has 0 spiro atoms. The van der Waals surface area contributed by atoms with Crippen molar-refractivity contribution in [1.82, 2.24) is 25.1 Å². The number of aliphatic hydroxyl groups is 1. The van der Waals surface area contributed by atoms with Crippen LogP contribution in [0.15, 0.2) is 71.8 Å². The highest BCUT2D eigenvalue weighted by Crippen LogP contribution is 2.39. The number of ether oxygens (including phenoxy) is 1. The Morgan fingerprint density at radius 2 is 1.77 bits per heavy atom. The summed E-state index contributed by atoms with van der Waals surface area (Å²) in [7, 11) is 0. The van der Waals surface area contributed by atoms with E-state index in [2.05, 4.69) is 20.2 Å². The third-order valence-corrected chi connectivity index (χ3v) is 10.6. The van der Waals surface area contributed by atoms with Crippen molar-refractivity contribution in [2.24, 2.45) is 5.92 Å². The number of aromatic amines is 1. The van der Waals surface area contributed by atoms with Gasteiger partial charge in [-0.2, -0.15) is 0 Å². The lowest BCUT2D eigenvalue weighted by Crippen LogP contribution is -2.59. The fraction of sp³-hybridized carbons (Fsp3) is 0.475. The van der Waals surface area contributed by atoms with Crippen LogP contribution in [-0.4, -0.2) is 86.6 Å². The second-order valence-corrected chi connectivity index (χ2v) is 14.1. The normalized spacial score (nSPS) is 19.4. The summed E-state index contributed by atoms with van der Waals surface area (Å²) in [4.78, 5) is 35.4. The number of aromatic nitrogens is 2. The quantitative estimate of drug-likeness (QED) is 0.0741. The number of pyridine rings is 2. The van der Waals surface area contributed by atoms with Crippen LogP contribution < -0.4 is 15.6 Å². The van der Waals surface area contributed by atoms with E-state index in [0.717, 1.165) is 77.4 Å². The second-order valence-electron chi connectivity index (χ2n) is 14.1. The minimum absolute atomic E-state index is 0.0240. The van der Waals surface area contributed by atoms with E-state index in [1.807, 2.05) is 6.07 Å². The maximum absolute atomic E-state index is 14.5. The molecule has 3 atom stereocenters. The van der Waals surface area contributed by atoms with E-state index in [9.17, 15) is 29.3 Å². The molecule has 1 unspecified atom stereocenters. The summed E-state index contributed by atoms with van der Waals surface area (Å²) in [6.45, 7) is 4.34. The van der Waals surface area contributed by atoms with Crippen LogP contribution in [0.1, 0.15) is 86.6 Å². The number of halogens is 1. The summed E-state index contributed by atoms with van der Waals surface area (Å²) < 4.78 is 20.5. The molecule has 0 saturated carbocycles. The molecule has 4 aromatic rings.